The number of thiophene rings is 1. The molecule has 1 aromatic heterocycles. The quantitative estimate of drug-likeness (QED) is 0.646. The van der Waals surface area contributed by atoms with Crippen LogP contribution in [0.2, 0.25) is 10.0 Å². The first kappa shape index (κ1) is 22.2. The fourth-order valence-corrected chi connectivity index (χ4v) is 5.03. The standard InChI is InChI=1S/C20H25Cl2N3O3S/c1-24(2)6-5-13(12-3-4-14(21)15(22)11-12)16-17(23)19(29-18(16)20(26)27)25-7-9-28-10-8-25/h3-4,11,13H,5-10,23H2,1-2H3,(H,26,27). The Morgan fingerprint density at radius 1 is 1.31 bits per heavy atom. The third-order valence-corrected chi connectivity index (χ3v) is 7.03. The summed E-state index contributed by atoms with van der Waals surface area (Å²) in [7, 11) is 3.97. The van der Waals surface area contributed by atoms with Crippen LogP contribution < -0.4 is 10.6 Å². The summed E-state index contributed by atoms with van der Waals surface area (Å²) < 4.78 is 5.42. The summed E-state index contributed by atoms with van der Waals surface area (Å²) in [5.41, 5.74) is 8.67. The lowest BCUT2D eigenvalue weighted by Gasteiger charge is -2.28. The lowest BCUT2D eigenvalue weighted by atomic mass is 9.87. The first-order valence-corrected chi connectivity index (χ1v) is 10.9. The van der Waals surface area contributed by atoms with Crippen LogP contribution in [0.15, 0.2) is 18.2 Å². The fraction of sp³-hybridized carbons (Fsp3) is 0.450. The molecule has 0 aliphatic carbocycles. The number of halogens is 2. The third kappa shape index (κ3) is 4.98. The van der Waals surface area contributed by atoms with Crippen molar-refractivity contribution in [3.63, 3.8) is 0 Å². The number of ether oxygens (including phenoxy) is 1. The number of carboxylic acids is 1. The van der Waals surface area contributed by atoms with Crippen LogP contribution in [0.25, 0.3) is 0 Å². The van der Waals surface area contributed by atoms with Crippen molar-refractivity contribution >= 4 is 51.2 Å². The molecule has 9 heteroatoms. The molecule has 1 saturated heterocycles. The van der Waals surface area contributed by atoms with Crippen molar-refractivity contribution < 1.29 is 14.6 Å². The van der Waals surface area contributed by atoms with Gasteiger partial charge in [-0.1, -0.05) is 29.3 Å². The zero-order valence-electron chi connectivity index (χ0n) is 16.5. The van der Waals surface area contributed by atoms with Gasteiger partial charge in [0, 0.05) is 24.6 Å². The zero-order chi connectivity index (χ0) is 21.1. The highest BCUT2D eigenvalue weighted by molar-refractivity contribution is 7.18. The van der Waals surface area contributed by atoms with Crippen molar-refractivity contribution in [1.82, 2.24) is 4.90 Å². The molecule has 0 amide bonds. The summed E-state index contributed by atoms with van der Waals surface area (Å²) in [6.07, 6.45) is 0.703. The molecule has 0 spiro atoms. The molecule has 3 rings (SSSR count). The van der Waals surface area contributed by atoms with Crippen LogP contribution in [0.5, 0.6) is 0 Å². The van der Waals surface area contributed by atoms with E-state index in [1.54, 1.807) is 12.1 Å². The number of morpholine rings is 1. The number of nitrogens with zero attached hydrogens (tertiary/aromatic N) is 2. The molecular formula is C20H25Cl2N3O3S. The van der Waals surface area contributed by atoms with Crippen LogP contribution in [-0.2, 0) is 4.74 Å². The van der Waals surface area contributed by atoms with E-state index >= 15 is 0 Å². The summed E-state index contributed by atoms with van der Waals surface area (Å²) in [5, 5.41) is 11.6. The van der Waals surface area contributed by atoms with Gasteiger partial charge >= 0.3 is 5.97 Å². The maximum absolute atomic E-state index is 12.1. The van der Waals surface area contributed by atoms with Gasteiger partial charge in [-0.05, 0) is 44.8 Å². The van der Waals surface area contributed by atoms with E-state index < -0.39 is 5.97 Å². The lowest BCUT2D eigenvalue weighted by molar-refractivity contribution is 0.0700. The molecule has 0 saturated carbocycles. The van der Waals surface area contributed by atoms with Crippen molar-refractivity contribution in [2.45, 2.75) is 12.3 Å². The van der Waals surface area contributed by atoms with Crippen molar-refractivity contribution in [3.05, 3.63) is 44.2 Å². The number of benzene rings is 1. The van der Waals surface area contributed by atoms with Crippen LogP contribution in [0, 0.1) is 0 Å². The van der Waals surface area contributed by atoms with Gasteiger partial charge in [0.25, 0.3) is 0 Å². The predicted octanol–water partition coefficient (Wildman–Crippen LogP) is 4.26. The maximum Gasteiger partial charge on any atom is 0.346 e. The molecule has 0 radical (unpaired) electrons. The summed E-state index contributed by atoms with van der Waals surface area (Å²) in [6, 6.07) is 5.45. The summed E-state index contributed by atoms with van der Waals surface area (Å²) >= 11 is 13.6. The molecule has 1 fully saturated rings. The predicted molar refractivity (Wildman–Crippen MR) is 120 cm³/mol. The minimum Gasteiger partial charge on any atom is -0.477 e. The molecule has 1 atom stereocenters. The molecule has 1 aromatic carbocycles. The second-order valence-electron chi connectivity index (χ2n) is 7.29. The molecule has 29 heavy (non-hydrogen) atoms. The third-order valence-electron chi connectivity index (χ3n) is 5.02. The Morgan fingerprint density at radius 3 is 2.59 bits per heavy atom. The largest absolute Gasteiger partial charge is 0.477 e. The van der Waals surface area contributed by atoms with Crippen LogP contribution in [0.3, 0.4) is 0 Å². The Morgan fingerprint density at radius 2 is 2.00 bits per heavy atom. The Balaban J connectivity index is 2.11. The Hall–Kier alpha value is -1.51. The van der Waals surface area contributed by atoms with Gasteiger partial charge in [-0.2, -0.15) is 0 Å². The van der Waals surface area contributed by atoms with Gasteiger partial charge in [0.15, 0.2) is 0 Å². The molecule has 1 unspecified atom stereocenters. The summed E-state index contributed by atoms with van der Waals surface area (Å²) in [5.74, 6) is -1.17. The van der Waals surface area contributed by atoms with Gasteiger partial charge in [-0.3, -0.25) is 0 Å². The van der Waals surface area contributed by atoms with E-state index in [1.165, 1.54) is 11.3 Å². The number of nitrogens with two attached hydrogens (primary N) is 1. The molecule has 2 heterocycles. The number of carbonyl (C=O) groups is 1. The van der Waals surface area contributed by atoms with Crippen molar-refractivity contribution in [1.29, 1.82) is 0 Å². The normalized spacial score (nSPS) is 15.7. The monoisotopic (exact) mass is 457 g/mol. The van der Waals surface area contributed by atoms with Crippen LogP contribution >= 0.6 is 34.5 Å². The number of nitrogen functional groups attached to an aromatic ring is 1. The van der Waals surface area contributed by atoms with Crippen LogP contribution in [0.4, 0.5) is 10.7 Å². The van der Waals surface area contributed by atoms with Crippen LogP contribution in [0.1, 0.15) is 33.1 Å². The maximum atomic E-state index is 12.1. The summed E-state index contributed by atoms with van der Waals surface area (Å²) in [4.78, 5) is 16.6. The number of aromatic carboxylic acids is 1. The molecule has 158 valence electrons. The number of hydrogen-bond donors (Lipinski definition) is 2. The van der Waals surface area contributed by atoms with E-state index in [0.29, 0.717) is 54.0 Å². The number of carboxylic acid groups (broad SMARTS) is 1. The minimum atomic E-state index is -0.967. The molecule has 1 aliphatic heterocycles. The zero-order valence-corrected chi connectivity index (χ0v) is 18.8. The fourth-order valence-electron chi connectivity index (χ4n) is 3.54. The first-order valence-electron chi connectivity index (χ1n) is 9.37. The first-order chi connectivity index (χ1) is 13.8. The van der Waals surface area contributed by atoms with Crippen molar-refractivity contribution in [3.8, 4) is 0 Å². The van der Waals surface area contributed by atoms with Gasteiger partial charge in [-0.25, -0.2) is 4.79 Å². The highest BCUT2D eigenvalue weighted by atomic mass is 35.5. The second-order valence-corrected chi connectivity index (χ2v) is 9.10. The molecular weight excluding hydrogens is 433 g/mol. The molecule has 6 nitrogen and oxygen atoms in total. The van der Waals surface area contributed by atoms with E-state index in [9.17, 15) is 9.90 Å². The SMILES string of the molecule is CN(C)CCC(c1ccc(Cl)c(Cl)c1)c1c(C(=O)O)sc(N2CCOCC2)c1N. The highest BCUT2D eigenvalue weighted by Crippen LogP contribution is 2.46. The summed E-state index contributed by atoms with van der Waals surface area (Å²) in [6.45, 7) is 3.36. The molecule has 1 aliphatic rings. The van der Waals surface area contributed by atoms with E-state index in [-0.39, 0.29) is 10.8 Å². The minimum absolute atomic E-state index is 0.204. The lowest BCUT2D eigenvalue weighted by Crippen LogP contribution is -2.36. The number of hydrogen-bond acceptors (Lipinski definition) is 6. The molecule has 3 N–H and O–H groups in total. The Kier molecular flexibility index (Phi) is 7.29. The van der Waals surface area contributed by atoms with Crippen molar-refractivity contribution in [2.75, 3.05) is 57.6 Å². The van der Waals surface area contributed by atoms with E-state index in [4.69, 9.17) is 33.7 Å². The number of anilines is 2. The van der Waals surface area contributed by atoms with E-state index in [1.807, 2.05) is 20.2 Å². The second kappa shape index (κ2) is 9.53. The van der Waals surface area contributed by atoms with Gasteiger partial charge in [0.1, 0.15) is 9.88 Å². The molecule has 0 bridgehead atoms. The number of rotatable bonds is 7. The average molecular weight is 458 g/mol. The van der Waals surface area contributed by atoms with Crippen LogP contribution in [-0.4, -0.2) is 62.9 Å². The Bertz CT molecular complexity index is 882. The average Bonchev–Trinajstić information content (AvgIpc) is 3.03. The van der Waals surface area contributed by atoms with Gasteiger partial charge in [0.05, 0.1) is 28.9 Å². The smallest absolute Gasteiger partial charge is 0.346 e. The van der Waals surface area contributed by atoms with E-state index in [0.717, 1.165) is 17.1 Å². The van der Waals surface area contributed by atoms with Gasteiger partial charge in [-0.15, -0.1) is 11.3 Å². The Labute approximate surface area is 184 Å². The van der Waals surface area contributed by atoms with Gasteiger partial charge < -0.3 is 25.4 Å². The van der Waals surface area contributed by atoms with Gasteiger partial charge in [0.2, 0.25) is 0 Å². The molecule has 2 aromatic rings. The topological polar surface area (TPSA) is 79.0 Å². The van der Waals surface area contributed by atoms with Crippen molar-refractivity contribution in [2.24, 2.45) is 0 Å². The highest BCUT2D eigenvalue weighted by Gasteiger charge is 2.31. The van der Waals surface area contributed by atoms with E-state index in [2.05, 4.69) is 9.80 Å².